The van der Waals surface area contributed by atoms with E-state index in [1.807, 2.05) is 14.0 Å². The van der Waals surface area contributed by atoms with Crippen LogP contribution in [0.4, 0.5) is 0 Å². The predicted octanol–water partition coefficient (Wildman–Crippen LogP) is 0.488. The Labute approximate surface area is 108 Å². The summed E-state index contributed by atoms with van der Waals surface area (Å²) >= 11 is 0. The fraction of sp³-hybridized carbons (Fsp3) is 0.750. The Morgan fingerprint density at radius 2 is 2.06 bits per heavy atom. The van der Waals surface area contributed by atoms with E-state index < -0.39 is 0 Å². The molecule has 1 rings (SSSR count). The lowest BCUT2D eigenvalue weighted by atomic mass is 10.2. The van der Waals surface area contributed by atoms with E-state index in [1.54, 1.807) is 26.0 Å². The first kappa shape index (κ1) is 14.9. The molecule has 1 unspecified atom stereocenters. The van der Waals surface area contributed by atoms with Crippen molar-refractivity contribution in [3.8, 4) is 5.88 Å². The third kappa shape index (κ3) is 3.69. The summed E-state index contributed by atoms with van der Waals surface area (Å²) in [5, 5.41) is 7.66. The lowest BCUT2D eigenvalue weighted by molar-refractivity contribution is 0.0287. The summed E-state index contributed by atoms with van der Waals surface area (Å²) in [6.45, 7) is 3.98. The second-order valence-electron chi connectivity index (χ2n) is 4.14. The average Bonchev–Trinajstić information content (AvgIpc) is 2.62. The molecule has 6 heteroatoms. The third-order valence-electron chi connectivity index (χ3n) is 2.84. The molecule has 6 nitrogen and oxygen atoms in total. The molecule has 0 radical (unpaired) electrons. The highest BCUT2D eigenvalue weighted by Crippen LogP contribution is 2.20. The molecule has 104 valence electrons. The van der Waals surface area contributed by atoms with Crippen LogP contribution < -0.4 is 10.1 Å². The van der Waals surface area contributed by atoms with Gasteiger partial charge in [-0.05, 0) is 6.92 Å². The number of nitrogens with one attached hydrogen (secondary N) is 1. The third-order valence-corrected chi connectivity index (χ3v) is 2.84. The highest BCUT2D eigenvalue weighted by atomic mass is 16.5. The SMILES string of the molecule is COCC(CNCc1c(C)nn(C)c1OC)OC. The molecule has 0 aliphatic carbocycles. The van der Waals surface area contributed by atoms with Crippen molar-refractivity contribution < 1.29 is 14.2 Å². The Bertz CT molecular complexity index is 366. The molecule has 0 bridgehead atoms. The van der Waals surface area contributed by atoms with E-state index in [0.717, 1.165) is 23.7 Å². The second kappa shape index (κ2) is 7.35. The molecular weight excluding hydrogens is 234 g/mol. The topological polar surface area (TPSA) is 57.5 Å². The second-order valence-corrected chi connectivity index (χ2v) is 4.14. The van der Waals surface area contributed by atoms with Gasteiger partial charge in [-0.2, -0.15) is 5.10 Å². The van der Waals surface area contributed by atoms with E-state index in [4.69, 9.17) is 14.2 Å². The Morgan fingerprint density at radius 1 is 1.33 bits per heavy atom. The van der Waals surface area contributed by atoms with Crippen molar-refractivity contribution in [2.45, 2.75) is 19.6 Å². The van der Waals surface area contributed by atoms with Gasteiger partial charge in [0, 0.05) is 34.4 Å². The molecule has 1 N–H and O–H groups in total. The van der Waals surface area contributed by atoms with Gasteiger partial charge in [-0.15, -0.1) is 0 Å². The van der Waals surface area contributed by atoms with Gasteiger partial charge in [-0.1, -0.05) is 0 Å². The van der Waals surface area contributed by atoms with Crippen molar-refractivity contribution in [2.24, 2.45) is 7.05 Å². The summed E-state index contributed by atoms with van der Waals surface area (Å²) in [5.74, 6) is 0.792. The molecule has 0 fully saturated rings. The minimum atomic E-state index is 0.0537. The van der Waals surface area contributed by atoms with Gasteiger partial charge in [0.05, 0.1) is 31.1 Å². The minimum absolute atomic E-state index is 0.0537. The number of methoxy groups -OCH3 is 3. The summed E-state index contributed by atoms with van der Waals surface area (Å²) in [6.07, 6.45) is 0.0537. The molecular formula is C12H23N3O3. The zero-order valence-electron chi connectivity index (χ0n) is 11.8. The van der Waals surface area contributed by atoms with Crippen molar-refractivity contribution in [1.82, 2.24) is 15.1 Å². The maximum Gasteiger partial charge on any atom is 0.216 e. The van der Waals surface area contributed by atoms with E-state index in [0.29, 0.717) is 13.2 Å². The number of hydrogen-bond acceptors (Lipinski definition) is 5. The number of aromatic nitrogens is 2. The molecule has 0 saturated carbocycles. The van der Waals surface area contributed by atoms with Crippen molar-refractivity contribution >= 4 is 0 Å². The molecule has 0 amide bonds. The van der Waals surface area contributed by atoms with Crippen LogP contribution in [0.1, 0.15) is 11.3 Å². The molecule has 0 spiro atoms. The van der Waals surface area contributed by atoms with Gasteiger partial charge in [0.25, 0.3) is 0 Å². The fourth-order valence-electron chi connectivity index (χ4n) is 1.89. The number of rotatable bonds is 8. The molecule has 1 heterocycles. The number of nitrogens with zero attached hydrogens (tertiary/aromatic N) is 2. The maximum absolute atomic E-state index is 5.33. The van der Waals surface area contributed by atoms with Gasteiger partial charge >= 0.3 is 0 Å². The summed E-state index contributed by atoms with van der Waals surface area (Å²) in [5.41, 5.74) is 2.05. The summed E-state index contributed by atoms with van der Waals surface area (Å²) in [7, 11) is 6.88. The molecule has 1 aromatic rings. The zero-order chi connectivity index (χ0) is 13.5. The van der Waals surface area contributed by atoms with E-state index in [-0.39, 0.29) is 6.10 Å². The fourth-order valence-corrected chi connectivity index (χ4v) is 1.89. The molecule has 0 aliphatic heterocycles. The molecule has 18 heavy (non-hydrogen) atoms. The first-order valence-electron chi connectivity index (χ1n) is 5.92. The molecule has 1 atom stereocenters. The standard InChI is InChI=1S/C12H23N3O3/c1-9-11(12(18-5)15(2)14-9)7-13-6-10(17-4)8-16-3/h10,13H,6-8H2,1-5H3. The first-order valence-corrected chi connectivity index (χ1v) is 5.92. The van der Waals surface area contributed by atoms with Crippen LogP contribution in [0, 0.1) is 6.92 Å². The summed E-state index contributed by atoms with van der Waals surface area (Å²) < 4.78 is 17.4. The van der Waals surface area contributed by atoms with E-state index in [9.17, 15) is 0 Å². The normalized spacial score (nSPS) is 12.7. The quantitative estimate of drug-likeness (QED) is 0.734. The van der Waals surface area contributed by atoms with Crippen molar-refractivity contribution in [3.05, 3.63) is 11.3 Å². The molecule has 1 aromatic heterocycles. The Balaban J connectivity index is 2.53. The number of hydrogen-bond donors (Lipinski definition) is 1. The number of aryl methyl sites for hydroxylation is 2. The van der Waals surface area contributed by atoms with Gasteiger partial charge in [-0.3, -0.25) is 0 Å². The van der Waals surface area contributed by atoms with Crippen LogP contribution in [0.25, 0.3) is 0 Å². The van der Waals surface area contributed by atoms with E-state index in [2.05, 4.69) is 10.4 Å². The number of ether oxygens (including phenoxy) is 3. The highest BCUT2D eigenvalue weighted by molar-refractivity contribution is 5.30. The van der Waals surface area contributed by atoms with Crippen LogP contribution in [0.2, 0.25) is 0 Å². The first-order chi connectivity index (χ1) is 8.63. The Kier molecular flexibility index (Phi) is 6.11. The van der Waals surface area contributed by atoms with Crippen LogP contribution in [0.3, 0.4) is 0 Å². The van der Waals surface area contributed by atoms with Gasteiger partial charge in [-0.25, -0.2) is 4.68 Å². The summed E-state index contributed by atoms with van der Waals surface area (Å²) in [4.78, 5) is 0. The van der Waals surface area contributed by atoms with Crippen LogP contribution >= 0.6 is 0 Å². The summed E-state index contributed by atoms with van der Waals surface area (Å²) in [6, 6.07) is 0. The largest absolute Gasteiger partial charge is 0.481 e. The predicted molar refractivity (Wildman–Crippen MR) is 68.9 cm³/mol. The highest BCUT2D eigenvalue weighted by Gasteiger charge is 2.14. The van der Waals surface area contributed by atoms with Crippen LogP contribution in [-0.2, 0) is 23.1 Å². The van der Waals surface area contributed by atoms with Crippen molar-refractivity contribution in [1.29, 1.82) is 0 Å². The Morgan fingerprint density at radius 3 is 2.61 bits per heavy atom. The zero-order valence-corrected chi connectivity index (χ0v) is 11.8. The Hall–Kier alpha value is -1.11. The minimum Gasteiger partial charge on any atom is -0.481 e. The average molecular weight is 257 g/mol. The van der Waals surface area contributed by atoms with Gasteiger partial charge in [0.1, 0.15) is 0 Å². The van der Waals surface area contributed by atoms with Crippen molar-refractivity contribution in [2.75, 3.05) is 34.5 Å². The van der Waals surface area contributed by atoms with E-state index >= 15 is 0 Å². The molecule has 0 aromatic carbocycles. The van der Waals surface area contributed by atoms with Crippen LogP contribution in [-0.4, -0.2) is 50.4 Å². The van der Waals surface area contributed by atoms with Crippen LogP contribution in [0.15, 0.2) is 0 Å². The maximum atomic E-state index is 5.33. The molecule has 0 aliphatic rings. The van der Waals surface area contributed by atoms with Gasteiger partial charge in [0.15, 0.2) is 0 Å². The smallest absolute Gasteiger partial charge is 0.216 e. The van der Waals surface area contributed by atoms with Crippen molar-refractivity contribution in [3.63, 3.8) is 0 Å². The lowest BCUT2D eigenvalue weighted by Gasteiger charge is -2.15. The van der Waals surface area contributed by atoms with Gasteiger partial charge in [0.2, 0.25) is 5.88 Å². The van der Waals surface area contributed by atoms with Crippen LogP contribution in [0.5, 0.6) is 5.88 Å². The van der Waals surface area contributed by atoms with E-state index in [1.165, 1.54) is 0 Å². The lowest BCUT2D eigenvalue weighted by Crippen LogP contribution is -2.31. The molecule has 0 saturated heterocycles. The monoisotopic (exact) mass is 257 g/mol. The van der Waals surface area contributed by atoms with Gasteiger partial charge < -0.3 is 19.5 Å².